The third kappa shape index (κ3) is 3.30. The summed E-state index contributed by atoms with van der Waals surface area (Å²) in [5, 5.41) is 0. The summed E-state index contributed by atoms with van der Waals surface area (Å²) in [6, 6.07) is 37.6. The van der Waals surface area contributed by atoms with E-state index in [9.17, 15) is 0 Å². The minimum atomic E-state index is 0.316. The van der Waals surface area contributed by atoms with Gasteiger partial charge in [-0.15, -0.1) is 0 Å². The fourth-order valence-electron chi connectivity index (χ4n) is 6.12. The average molecular weight is 430 g/mol. The Morgan fingerprint density at radius 3 is 1.67 bits per heavy atom. The van der Waals surface area contributed by atoms with Crippen molar-refractivity contribution in [1.82, 2.24) is 0 Å². The van der Waals surface area contributed by atoms with Crippen LogP contribution < -0.4 is 4.90 Å². The van der Waals surface area contributed by atoms with Crippen LogP contribution in [0.4, 0.5) is 17.1 Å². The molecule has 7 rings (SSSR count). The maximum Gasteiger partial charge on any atom is 0.0540 e. The lowest BCUT2D eigenvalue weighted by Gasteiger charge is -2.52. The summed E-state index contributed by atoms with van der Waals surface area (Å²) in [7, 11) is 0. The maximum absolute atomic E-state index is 2.51. The van der Waals surface area contributed by atoms with Gasteiger partial charge in [0.1, 0.15) is 0 Å². The van der Waals surface area contributed by atoms with Gasteiger partial charge in [0.15, 0.2) is 0 Å². The van der Waals surface area contributed by atoms with Gasteiger partial charge in [-0.1, -0.05) is 86.6 Å². The molecule has 0 atom stereocenters. The van der Waals surface area contributed by atoms with Crippen molar-refractivity contribution in [2.24, 2.45) is 0 Å². The number of anilines is 3. The van der Waals surface area contributed by atoms with Gasteiger partial charge in [-0.05, 0) is 83.5 Å². The first-order valence-electron chi connectivity index (χ1n) is 12.2. The molecule has 3 aliphatic carbocycles. The zero-order valence-corrected chi connectivity index (χ0v) is 19.6. The van der Waals surface area contributed by atoms with Gasteiger partial charge < -0.3 is 4.90 Å². The van der Waals surface area contributed by atoms with E-state index in [4.69, 9.17) is 0 Å². The van der Waals surface area contributed by atoms with Crippen LogP contribution >= 0.6 is 0 Å². The summed E-state index contributed by atoms with van der Waals surface area (Å²) in [6.07, 6.45) is 5.26. The summed E-state index contributed by atoms with van der Waals surface area (Å²) in [5.41, 5.74) is 10.0. The Bertz CT molecular complexity index is 1240. The van der Waals surface area contributed by atoms with Crippen molar-refractivity contribution >= 4 is 17.1 Å². The van der Waals surface area contributed by atoms with Crippen molar-refractivity contribution in [1.29, 1.82) is 0 Å². The second-order valence-electron chi connectivity index (χ2n) is 10.4. The lowest BCUT2D eigenvalue weighted by atomic mass is 9.52. The van der Waals surface area contributed by atoms with E-state index in [0.29, 0.717) is 10.8 Å². The summed E-state index contributed by atoms with van der Waals surface area (Å²) in [5.74, 6) is 0. The highest BCUT2D eigenvalue weighted by Crippen LogP contribution is 2.57. The molecule has 33 heavy (non-hydrogen) atoms. The van der Waals surface area contributed by atoms with Gasteiger partial charge in [0.05, 0.1) is 5.69 Å². The Hall–Kier alpha value is -3.32. The van der Waals surface area contributed by atoms with Crippen LogP contribution in [0.3, 0.4) is 0 Å². The predicted octanol–water partition coefficient (Wildman–Crippen LogP) is 8.93. The topological polar surface area (TPSA) is 3.24 Å². The van der Waals surface area contributed by atoms with Crippen molar-refractivity contribution in [2.75, 3.05) is 4.90 Å². The smallest absolute Gasteiger partial charge is 0.0540 e. The Morgan fingerprint density at radius 1 is 0.545 bits per heavy atom. The van der Waals surface area contributed by atoms with Gasteiger partial charge in [-0.25, -0.2) is 0 Å². The largest absolute Gasteiger partial charge is 0.310 e. The van der Waals surface area contributed by atoms with Gasteiger partial charge in [0, 0.05) is 16.9 Å². The molecule has 0 radical (unpaired) electrons. The zero-order chi connectivity index (χ0) is 22.5. The van der Waals surface area contributed by atoms with Crippen LogP contribution in [0.2, 0.25) is 0 Å². The summed E-state index contributed by atoms with van der Waals surface area (Å²) in [6.45, 7) is 4.96. The van der Waals surface area contributed by atoms with Crippen LogP contribution in [-0.2, 0) is 10.8 Å². The minimum Gasteiger partial charge on any atom is -0.310 e. The molecule has 0 aromatic heterocycles. The van der Waals surface area contributed by atoms with Gasteiger partial charge in [-0.3, -0.25) is 0 Å². The van der Waals surface area contributed by atoms with Gasteiger partial charge in [0.25, 0.3) is 0 Å². The zero-order valence-electron chi connectivity index (χ0n) is 19.6. The highest BCUT2D eigenvalue weighted by Gasteiger charge is 2.47. The fraction of sp³-hybridized carbons (Fsp3) is 0.250. The molecule has 4 aromatic carbocycles. The second-order valence-corrected chi connectivity index (χ2v) is 10.4. The van der Waals surface area contributed by atoms with Crippen molar-refractivity contribution in [3.63, 3.8) is 0 Å². The summed E-state index contributed by atoms with van der Waals surface area (Å²) < 4.78 is 0. The van der Waals surface area contributed by atoms with E-state index in [2.05, 4.69) is 122 Å². The molecule has 0 saturated heterocycles. The first-order chi connectivity index (χ1) is 16.1. The molecule has 164 valence electrons. The monoisotopic (exact) mass is 429 g/mol. The molecule has 0 spiro atoms. The van der Waals surface area contributed by atoms with Gasteiger partial charge in [0.2, 0.25) is 0 Å². The van der Waals surface area contributed by atoms with E-state index in [1.54, 1.807) is 11.1 Å². The molecule has 1 fully saturated rings. The molecule has 2 bridgehead atoms. The lowest BCUT2D eigenvalue weighted by molar-refractivity contribution is 0.188. The van der Waals surface area contributed by atoms with Crippen molar-refractivity contribution in [2.45, 2.75) is 50.4 Å². The van der Waals surface area contributed by atoms with Crippen LogP contribution in [0.25, 0.3) is 11.1 Å². The number of benzene rings is 4. The number of para-hydroxylation sites is 3. The molecule has 0 heterocycles. The molecule has 3 aliphatic rings. The summed E-state index contributed by atoms with van der Waals surface area (Å²) in [4.78, 5) is 2.38. The van der Waals surface area contributed by atoms with Gasteiger partial charge in [-0.2, -0.15) is 0 Å². The third-order valence-electron chi connectivity index (χ3n) is 8.26. The third-order valence-corrected chi connectivity index (χ3v) is 8.26. The molecular weight excluding hydrogens is 398 g/mol. The van der Waals surface area contributed by atoms with Crippen molar-refractivity contribution in [3.05, 3.63) is 114 Å². The second kappa shape index (κ2) is 7.63. The maximum atomic E-state index is 2.51. The first kappa shape index (κ1) is 20.3. The average Bonchev–Trinajstić information content (AvgIpc) is 2.87. The SMILES string of the molecule is CC12CCC(C)(CC1)c1cc(-c3ccccc3N(c3ccccc3)c3ccccc3)ccc12. The number of hydrogen-bond donors (Lipinski definition) is 0. The van der Waals surface area contributed by atoms with E-state index in [1.165, 1.54) is 53.9 Å². The van der Waals surface area contributed by atoms with Crippen LogP contribution in [0.5, 0.6) is 0 Å². The predicted molar refractivity (Wildman–Crippen MR) is 140 cm³/mol. The molecule has 1 nitrogen and oxygen atoms in total. The highest BCUT2D eigenvalue weighted by atomic mass is 15.1. The highest BCUT2D eigenvalue weighted by molar-refractivity contribution is 5.88. The van der Waals surface area contributed by atoms with Crippen LogP contribution in [-0.4, -0.2) is 0 Å². The molecule has 0 amide bonds. The normalized spacial score (nSPS) is 23.2. The van der Waals surface area contributed by atoms with Gasteiger partial charge >= 0.3 is 0 Å². The Labute approximate surface area is 197 Å². The number of nitrogens with zero attached hydrogens (tertiary/aromatic N) is 1. The van der Waals surface area contributed by atoms with E-state index in [0.717, 1.165) is 0 Å². The first-order valence-corrected chi connectivity index (χ1v) is 12.2. The van der Waals surface area contributed by atoms with E-state index in [-0.39, 0.29) is 0 Å². The van der Waals surface area contributed by atoms with Crippen LogP contribution in [0, 0.1) is 0 Å². The molecule has 0 N–H and O–H groups in total. The Balaban J connectivity index is 1.53. The van der Waals surface area contributed by atoms with E-state index < -0.39 is 0 Å². The standard InChI is InChI=1S/C32H31N/c1-31-19-21-32(2,22-20-31)29-23-24(17-18-28(29)31)27-15-9-10-16-30(27)33(25-11-5-3-6-12-25)26-13-7-4-8-14-26/h3-18,23H,19-22H2,1-2H3. The van der Waals surface area contributed by atoms with E-state index >= 15 is 0 Å². The quantitative estimate of drug-likeness (QED) is 0.313. The van der Waals surface area contributed by atoms with E-state index in [1.807, 2.05) is 0 Å². The number of rotatable bonds is 4. The van der Waals surface area contributed by atoms with Crippen molar-refractivity contribution in [3.8, 4) is 11.1 Å². The molecular formula is C32H31N. The van der Waals surface area contributed by atoms with Crippen molar-refractivity contribution < 1.29 is 0 Å². The molecule has 0 unspecified atom stereocenters. The summed E-state index contributed by atoms with van der Waals surface area (Å²) >= 11 is 0. The van der Waals surface area contributed by atoms with Crippen LogP contribution in [0.1, 0.15) is 50.7 Å². The minimum absolute atomic E-state index is 0.316. The number of hydrogen-bond acceptors (Lipinski definition) is 1. The Kier molecular flexibility index (Phi) is 4.69. The lowest BCUT2D eigenvalue weighted by Crippen LogP contribution is -2.44. The Morgan fingerprint density at radius 2 is 1.06 bits per heavy atom. The molecule has 0 aliphatic heterocycles. The molecule has 1 heteroatoms. The molecule has 1 saturated carbocycles. The fourth-order valence-corrected chi connectivity index (χ4v) is 6.12. The molecule has 4 aromatic rings. The number of fused-ring (bicyclic) bond motifs is 2. The van der Waals surface area contributed by atoms with Crippen LogP contribution in [0.15, 0.2) is 103 Å².